The molecule has 21 heavy (non-hydrogen) atoms. The number of morpholine rings is 1. The third-order valence-corrected chi connectivity index (χ3v) is 5.87. The lowest BCUT2D eigenvalue weighted by Crippen LogP contribution is -2.58. The molecule has 0 aromatic heterocycles. The van der Waals surface area contributed by atoms with Crippen LogP contribution in [0.2, 0.25) is 0 Å². The second-order valence-corrected chi connectivity index (χ2v) is 9.13. The zero-order valence-electron chi connectivity index (χ0n) is 13.3. The van der Waals surface area contributed by atoms with E-state index in [1.165, 1.54) is 0 Å². The maximum absolute atomic E-state index is 12.3. The summed E-state index contributed by atoms with van der Waals surface area (Å²) in [6.45, 7) is 9.30. The predicted molar refractivity (Wildman–Crippen MR) is 80.9 cm³/mol. The van der Waals surface area contributed by atoms with E-state index in [1.54, 1.807) is 0 Å². The van der Waals surface area contributed by atoms with Crippen molar-refractivity contribution in [2.75, 3.05) is 24.6 Å². The Bertz CT molecular complexity index is 503. The molecule has 0 saturated carbocycles. The Morgan fingerprint density at radius 1 is 1.43 bits per heavy atom. The van der Waals surface area contributed by atoms with Gasteiger partial charge in [0.15, 0.2) is 9.84 Å². The summed E-state index contributed by atoms with van der Waals surface area (Å²) in [6.07, 6.45) is 0.599. The molecule has 2 aliphatic heterocycles. The minimum absolute atomic E-state index is 0.0659. The minimum Gasteiger partial charge on any atom is -0.370 e. The first-order chi connectivity index (χ1) is 9.58. The van der Waals surface area contributed by atoms with Gasteiger partial charge in [0.2, 0.25) is 5.91 Å². The Kier molecular flexibility index (Phi) is 4.66. The van der Waals surface area contributed by atoms with E-state index in [1.807, 2.05) is 27.7 Å². The fourth-order valence-corrected chi connectivity index (χ4v) is 4.87. The Hall–Kier alpha value is -0.660. The van der Waals surface area contributed by atoms with Crippen LogP contribution in [0.4, 0.5) is 0 Å². The first kappa shape index (κ1) is 16.7. The number of carbonyl (C=O) groups is 1. The maximum Gasteiger partial charge on any atom is 0.237 e. The third-order valence-electron chi connectivity index (χ3n) is 4.10. The van der Waals surface area contributed by atoms with Crippen LogP contribution in [0.1, 0.15) is 34.1 Å². The van der Waals surface area contributed by atoms with Crippen molar-refractivity contribution in [1.29, 1.82) is 0 Å². The van der Waals surface area contributed by atoms with Gasteiger partial charge < -0.3 is 10.1 Å². The summed E-state index contributed by atoms with van der Waals surface area (Å²) in [4.78, 5) is 14.4. The van der Waals surface area contributed by atoms with E-state index >= 15 is 0 Å². The maximum atomic E-state index is 12.3. The van der Waals surface area contributed by atoms with Crippen molar-refractivity contribution in [3.63, 3.8) is 0 Å². The molecule has 7 heteroatoms. The van der Waals surface area contributed by atoms with E-state index in [0.29, 0.717) is 19.5 Å². The van der Waals surface area contributed by atoms with Gasteiger partial charge in [-0.3, -0.25) is 9.69 Å². The predicted octanol–water partition coefficient (Wildman–Crippen LogP) is 0.178. The monoisotopic (exact) mass is 318 g/mol. The second-order valence-electron chi connectivity index (χ2n) is 6.90. The second kappa shape index (κ2) is 5.85. The van der Waals surface area contributed by atoms with Crippen LogP contribution in [-0.2, 0) is 19.4 Å². The summed E-state index contributed by atoms with van der Waals surface area (Å²) >= 11 is 0. The lowest BCUT2D eigenvalue weighted by Gasteiger charge is -2.43. The third kappa shape index (κ3) is 4.40. The van der Waals surface area contributed by atoms with Crippen molar-refractivity contribution < 1.29 is 17.9 Å². The number of nitrogens with one attached hydrogen (secondary N) is 1. The molecular formula is C14H26N2O4S. The van der Waals surface area contributed by atoms with E-state index in [0.717, 1.165) is 0 Å². The van der Waals surface area contributed by atoms with E-state index in [-0.39, 0.29) is 41.2 Å². The number of hydrogen-bond donors (Lipinski definition) is 1. The van der Waals surface area contributed by atoms with Gasteiger partial charge in [0.05, 0.1) is 29.3 Å². The van der Waals surface area contributed by atoms with Crippen LogP contribution >= 0.6 is 0 Å². The average Bonchev–Trinajstić information content (AvgIpc) is 2.65. The minimum atomic E-state index is -2.97. The average molecular weight is 318 g/mol. The summed E-state index contributed by atoms with van der Waals surface area (Å²) < 4.78 is 28.7. The first-order valence-electron chi connectivity index (χ1n) is 7.51. The van der Waals surface area contributed by atoms with E-state index in [2.05, 4.69) is 10.2 Å². The molecule has 0 aromatic rings. The van der Waals surface area contributed by atoms with Crippen molar-refractivity contribution in [2.45, 2.75) is 57.9 Å². The van der Waals surface area contributed by atoms with Gasteiger partial charge >= 0.3 is 0 Å². The summed E-state index contributed by atoms with van der Waals surface area (Å²) in [5.41, 5.74) is -0.275. The van der Waals surface area contributed by atoms with Crippen LogP contribution in [0.15, 0.2) is 0 Å². The lowest BCUT2D eigenvalue weighted by molar-refractivity contribution is -0.148. The summed E-state index contributed by atoms with van der Waals surface area (Å²) in [6, 6.07) is -0.518. The van der Waals surface area contributed by atoms with Crippen molar-refractivity contribution >= 4 is 15.7 Å². The zero-order chi connectivity index (χ0) is 15.8. The van der Waals surface area contributed by atoms with Gasteiger partial charge in [0.1, 0.15) is 0 Å². The number of rotatable bonds is 3. The quantitative estimate of drug-likeness (QED) is 0.803. The summed E-state index contributed by atoms with van der Waals surface area (Å²) in [5, 5.41) is 2.87. The van der Waals surface area contributed by atoms with Crippen LogP contribution in [0.25, 0.3) is 0 Å². The molecule has 1 N–H and O–H groups in total. The number of hydrogen-bond acceptors (Lipinski definition) is 5. The standard InChI is InChI=1S/C14H26N2O4S/c1-10-7-16(9-14(3,4)20-10)11(2)13(17)15-12-5-6-21(18,19)8-12/h10-12H,5-9H2,1-4H3,(H,15,17). The molecule has 122 valence electrons. The van der Waals surface area contributed by atoms with Crippen LogP contribution < -0.4 is 5.32 Å². The fourth-order valence-electron chi connectivity index (χ4n) is 3.19. The van der Waals surface area contributed by atoms with Gasteiger partial charge in [-0.1, -0.05) is 0 Å². The van der Waals surface area contributed by atoms with Crippen molar-refractivity contribution in [1.82, 2.24) is 10.2 Å². The number of amides is 1. The molecule has 2 heterocycles. The van der Waals surface area contributed by atoms with Crippen LogP contribution in [0.5, 0.6) is 0 Å². The molecule has 1 amide bonds. The molecule has 0 aromatic carbocycles. The van der Waals surface area contributed by atoms with E-state index in [4.69, 9.17) is 4.74 Å². The number of nitrogens with zero attached hydrogens (tertiary/aromatic N) is 1. The molecule has 2 aliphatic rings. The first-order valence-corrected chi connectivity index (χ1v) is 9.33. The van der Waals surface area contributed by atoms with Gasteiger partial charge in [0.25, 0.3) is 0 Å². The van der Waals surface area contributed by atoms with Gasteiger partial charge in [-0.2, -0.15) is 0 Å². The summed E-state index contributed by atoms with van der Waals surface area (Å²) in [5.74, 6) is 0.145. The topological polar surface area (TPSA) is 75.7 Å². The fraction of sp³-hybridized carbons (Fsp3) is 0.929. The number of ether oxygens (including phenoxy) is 1. The Morgan fingerprint density at radius 2 is 2.10 bits per heavy atom. The SMILES string of the molecule is CC1CN(C(C)C(=O)NC2CCS(=O)(=O)C2)CC(C)(C)O1. The van der Waals surface area contributed by atoms with Gasteiger partial charge in [-0.05, 0) is 34.1 Å². The molecule has 2 rings (SSSR count). The number of sulfone groups is 1. The molecule has 0 radical (unpaired) electrons. The van der Waals surface area contributed by atoms with Gasteiger partial charge in [-0.25, -0.2) is 8.42 Å². The Balaban J connectivity index is 1.93. The Morgan fingerprint density at radius 3 is 2.62 bits per heavy atom. The van der Waals surface area contributed by atoms with Gasteiger partial charge in [-0.15, -0.1) is 0 Å². The summed E-state index contributed by atoms with van der Waals surface area (Å²) in [7, 11) is -2.97. The van der Waals surface area contributed by atoms with Crippen LogP contribution in [0, 0.1) is 0 Å². The van der Waals surface area contributed by atoms with Crippen LogP contribution in [0.3, 0.4) is 0 Å². The smallest absolute Gasteiger partial charge is 0.237 e. The van der Waals surface area contributed by atoms with Crippen molar-refractivity contribution in [2.24, 2.45) is 0 Å². The molecule has 3 unspecified atom stereocenters. The highest BCUT2D eigenvalue weighted by Crippen LogP contribution is 2.22. The normalized spacial score (nSPS) is 33.5. The largest absolute Gasteiger partial charge is 0.370 e. The van der Waals surface area contributed by atoms with Gasteiger partial charge in [0, 0.05) is 19.1 Å². The molecule has 2 saturated heterocycles. The highest BCUT2D eigenvalue weighted by atomic mass is 32.2. The number of carbonyl (C=O) groups excluding carboxylic acids is 1. The molecule has 0 aliphatic carbocycles. The molecule has 0 bridgehead atoms. The highest BCUT2D eigenvalue weighted by Gasteiger charge is 2.37. The molecule has 6 nitrogen and oxygen atoms in total. The molecular weight excluding hydrogens is 292 g/mol. The lowest BCUT2D eigenvalue weighted by atomic mass is 10.0. The van der Waals surface area contributed by atoms with E-state index in [9.17, 15) is 13.2 Å². The Labute approximate surface area is 127 Å². The highest BCUT2D eigenvalue weighted by molar-refractivity contribution is 7.91. The van der Waals surface area contributed by atoms with Crippen molar-refractivity contribution in [3.8, 4) is 0 Å². The molecule has 2 fully saturated rings. The molecule has 3 atom stereocenters. The molecule has 0 spiro atoms. The van der Waals surface area contributed by atoms with Crippen molar-refractivity contribution in [3.05, 3.63) is 0 Å². The zero-order valence-corrected chi connectivity index (χ0v) is 14.1. The van der Waals surface area contributed by atoms with E-state index < -0.39 is 9.84 Å². The van der Waals surface area contributed by atoms with Crippen LogP contribution in [-0.4, -0.2) is 67.6 Å².